The molecule has 0 aliphatic carbocycles. The number of aromatic nitrogens is 3. The monoisotopic (exact) mass is 540 g/mol. The van der Waals surface area contributed by atoms with Crippen molar-refractivity contribution >= 4 is 0 Å². The van der Waals surface area contributed by atoms with Gasteiger partial charge in [-0.2, -0.15) is 0 Å². The number of ether oxygens (including phenoxy) is 4. The first-order chi connectivity index (χ1) is 17.3. The molecule has 0 aliphatic heterocycles. The summed E-state index contributed by atoms with van der Waals surface area (Å²) in [5, 5.41) is 8.81. The van der Waals surface area contributed by atoms with Crippen molar-refractivity contribution in [2.24, 2.45) is 5.73 Å². The highest BCUT2D eigenvalue weighted by Crippen LogP contribution is 2.28. The molecule has 8 heteroatoms. The second kappa shape index (κ2) is 14.5. The Kier molecular flexibility index (Phi) is 13.4. The van der Waals surface area contributed by atoms with Crippen LogP contribution in [0, 0.1) is 0 Å². The molecule has 0 saturated carbocycles. The molecule has 2 N–H and O–H groups in total. The third kappa shape index (κ3) is 14.4. The number of rotatable bonds is 20. The fourth-order valence-electron chi connectivity index (χ4n) is 4.05. The lowest BCUT2D eigenvalue weighted by Gasteiger charge is -2.33. The van der Waals surface area contributed by atoms with Gasteiger partial charge < -0.3 is 24.7 Å². The van der Waals surface area contributed by atoms with Gasteiger partial charge in [0, 0.05) is 12.6 Å². The van der Waals surface area contributed by atoms with Gasteiger partial charge in [0.25, 0.3) is 0 Å². The Balaban J connectivity index is 2.52. The number of nitrogens with zero attached hydrogens (tertiary/aromatic N) is 3. The van der Waals surface area contributed by atoms with Gasteiger partial charge in [-0.1, -0.05) is 5.21 Å². The Morgan fingerprint density at radius 2 is 1.24 bits per heavy atom. The molecule has 1 aromatic heterocycles. The van der Waals surface area contributed by atoms with E-state index in [4.69, 9.17) is 24.7 Å². The topological polar surface area (TPSA) is 93.7 Å². The normalized spacial score (nSPS) is 14.8. The summed E-state index contributed by atoms with van der Waals surface area (Å²) >= 11 is 0. The van der Waals surface area contributed by atoms with E-state index in [1.165, 1.54) is 0 Å². The van der Waals surface area contributed by atoms with E-state index in [1.807, 2.05) is 24.7 Å². The summed E-state index contributed by atoms with van der Waals surface area (Å²) < 4.78 is 26.3. The van der Waals surface area contributed by atoms with E-state index in [2.05, 4.69) is 79.5 Å². The molecule has 8 nitrogen and oxygen atoms in total. The minimum absolute atomic E-state index is 0.162. The SMILES string of the molecule is CCOC(C)(C)CCOC(C)(C)CCC(C)(C)n1cc(COC(C)(C)CCOC(C)(C)CCC(C)N)nn1. The highest BCUT2D eigenvalue weighted by molar-refractivity contribution is 4.94. The van der Waals surface area contributed by atoms with Crippen LogP contribution < -0.4 is 5.73 Å². The molecule has 0 amide bonds. The van der Waals surface area contributed by atoms with Crippen LogP contribution in [0.4, 0.5) is 0 Å². The Morgan fingerprint density at radius 1 is 0.737 bits per heavy atom. The van der Waals surface area contributed by atoms with Gasteiger partial charge in [-0.15, -0.1) is 5.10 Å². The summed E-state index contributed by atoms with van der Waals surface area (Å²) in [5.41, 5.74) is 5.64. The zero-order chi connectivity index (χ0) is 29.3. The van der Waals surface area contributed by atoms with Crippen LogP contribution in [0.1, 0.15) is 127 Å². The largest absolute Gasteiger partial charge is 0.376 e. The van der Waals surface area contributed by atoms with E-state index >= 15 is 0 Å². The van der Waals surface area contributed by atoms with Gasteiger partial charge in [0.1, 0.15) is 5.69 Å². The highest BCUT2D eigenvalue weighted by Gasteiger charge is 2.29. The van der Waals surface area contributed by atoms with Crippen molar-refractivity contribution in [2.75, 3.05) is 19.8 Å². The molecule has 0 spiro atoms. The lowest BCUT2D eigenvalue weighted by molar-refractivity contribution is -0.0812. The molecule has 0 aromatic carbocycles. The smallest absolute Gasteiger partial charge is 0.108 e. The molecule has 0 saturated heterocycles. The molecule has 1 heterocycles. The van der Waals surface area contributed by atoms with Crippen LogP contribution in [0.15, 0.2) is 6.20 Å². The van der Waals surface area contributed by atoms with E-state index in [0.717, 1.165) is 50.8 Å². The minimum atomic E-state index is -0.325. The van der Waals surface area contributed by atoms with Gasteiger partial charge in [0.2, 0.25) is 0 Å². The van der Waals surface area contributed by atoms with Crippen LogP contribution in [0.3, 0.4) is 0 Å². The van der Waals surface area contributed by atoms with Crippen molar-refractivity contribution in [3.8, 4) is 0 Å². The van der Waals surface area contributed by atoms with Gasteiger partial charge in [0.15, 0.2) is 0 Å². The van der Waals surface area contributed by atoms with Gasteiger partial charge in [-0.05, 0) is 122 Å². The first-order valence-corrected chi connectivity index (χ1v) is 14.5. The molecule has 0 fully saturated rings. The zero-order valence-electron chi connectivity index (χ0n) is 26.8. The van der Waals surface area contributed by atoms with Crippen LogP contribution in [0.25, 0.3) is 0 Å². The maximum absolute atomic E-state index is 6.24. The maximum Gasteiger partial charge on any atom is 0.108 e. The lowest BCUT2D eigenvalue weighted by Crippen LogP contribution is -2.34. The summed E-state index contributed by atoms with van der Waals surface area (Å²) in [7, 11) is 0. The average molecular weight is 541 g/mol. The second-order valence-electron chi connectivity index (χ2n) is 13.9. The van der Waals surface area contributed by atoms with Gasteiger partial charge in [0.05, 0.1) is 54.0 Å². The molecule has 1 unspecified atom stereocenters. The molecule has 1 aromatic rings. The third-order valence-corrected chi connectivity index (χ3v) is 7.24. The van der Waals surface area contributed by atoms with Crippen molar-refractivity contribution in [1.82, 2.24) is 15.0 Å². The lowest BCUT2D eigenvalue weighted by atomic mass is 9.91. The zero-order valence-corrected chi connectivity index (χ0v) is 26.8. The van der Waals surface area contributed by atoms with E-state index < -0.39 is 0 Å². The van der Waals surface area contributed by atoms with Crippen LogP contribution in [0.2, 0.25) is 0 Å². The second-order valence-corrected chi connectivity index (χ2v) is 13.9. The summed E-state index contributed by atoms with van der Waals surface area (Å²) in [4.78, 5) is 0. The summed E-state index contributed by atoms with van der Waals surface area (Å²) in [6.07, 6.45) is 7.39. The Labute approximate surface area is 233 Å². The number of hydrogen-bond acceptors (Lipinski definition) is 7. The quantitative estimate of drug-likeness (QED) is 0.204. The van der Waals surface area contributed by atoms with E-state index in [-0.39, 0.29) is 34.0 Å². The van der Waals surface area contributed by atoms with Crippen molar-refractivity contribution < 1.29 is 18.9 Å². The predicted octanol–water partition coefficient (Wildman–Crippen LogP) is 6.40. The molecule has 0 bridgehead atoms. The molecule has 1 rings (SSSR count). The fraction of sp³-hybridized carbons (Fsp3) is 0.933. The number of hydrogen-bond donors (Lipinski definition) is 1. The maximum atomic E-state index is 6.24. The Hall–Kier alpha value is -1.06. The Morgan fingerprint density at radius 3 is 1.76 bits per heavy atom. The first-order valence-electron chi connectivity index (χ1n) is 14.5. The summed E-state index contributed by atoms with van der Waals surface area (Å²) in [6.45, 7) is 27.9. The minimum Gasteiger partial charge on any atom is -0.376 e. The van der Waals surface area contributed by atoms with Gasteiger partial charge in [-0.25, -0.2) is 4.68 Å². The Bertz CT molecular complexity index is 800. The first kappa shape index (κ1) is 35.0. The average Bonchev–Trinajstić information content (AvgIpc) is 3.25. The van der Waals surface area contributed by atoms with Crippen molar-refractivity contribution in [3.63, 3.8) is 0 Å². The van der Waals surface area contributed by atoms with Crippen LogP contribution in [-0.2, 0) is 31.1 Å². The van der Waals surface area contributed by atoms with Crippen LogP contribution in [-0.4, -0.2) is 63.3 Å². The molecular formula is C30H60N4O4. The predicted molar refractivity (Wildman–Crippen MR) is 155 cm³/mol. The van der Waals surface area contributed by atoms with E-state index in [0.29, 0.717) is 19.8 Å². The molecule has 1 atom stereocenters. The molecule has 38 heavy (non-hydrogen) atoms. The van der Waals surface area contributed by atoms with E-state index in [1.54, 1.807) is 0 Å². The molecule has 0 radical (unpaired) electrons. The van der Waals surface area contributed by atoms with Crippen LogP contribution in [0.5, 0.6) is 0 Å². The van der Waals surface area contributed by atoms with Crippen molar-refractivity contribution in [3.05, 3.63) is 11.9 Å². The van der Waals surface area contributed by atoms with Crippen molar-refractivity contribution in [1.29, 1.82) is 0 Å². The van der Waals surface area contributed by atoms with Crippen LogP contribution >= 0.6 is 0 Å². The molecule has 224 valence electrons. The van der Waals surface area contributed by atoms with Crippen molar-refractivity contribution in [2.45, 2.75) is 162 Å². The summed E-state index contributed by atoms with van der Waals surface area (Å²) in [5.74, 6) is 0. The van der Waals surface area contributed by atoms with E-state index in [9.17, 15) is 0 Å². The third-order valence-electron chi connectivity index (χ3n) is 7.24. The number of nitrogens with two attached hydrogens (primary N) is 1. The fourth-order valence-corrected chi connectivity index (χ4v) is 4.05. The molecule has 0 aliphatic rings. The standard InChI is InChI=1S/C30H60N4O4/c1-13-35-29(9,10)18-20-37-28(7,8)17-16-26(3,4)34-22-25(32-33-34)23-38-30(11,12)19-21-36-27(5,6)15-14-24(2)31/h22,24H,13-21,23,31H2,1-12H3. The van der Waals surface area contributed by atoms with Gasteiger partial charge >= 0.3 is 0 Å². The summed E-state index contributed by atoms with van der Waals surface area (Å²) in [6, 6.07) is 0.194. The van der Waals surface area contributed by atoms with Gasteiger partial charge in [-0.3, -0.25) is 0 Å². The highest BCUT2D eigenvalue weighted by atomic mass is 16.5. The molecular weight excluding hydrogens is 480 g/mol.